The molecule has 0 N–H and O–H groups in total. The van der Waals surface area contributed by atoms with Crippen LogP contribution >= 0.6 is 0 Å². The summed E-state index contributed by atoms with van der Waals surface area (Å²) < 4.78 is 17.3. The van der Waals surface area contributed by atoms with Crippen LogP contribution in [-0.4, -0.2) is 56.2 Å². The minimum absolute atomic E-state index is 0.0755. The second-order valence-electron chi connectivity index (χ2n) is 11.6. The first-order valence-electron chi connectivity index (χ1n) is 10.5. The van der Waals surface area contributed by atoms with Gasteiger partial charge in [0.25, 0.3) is 0 Å². The first kappa shape index (κ1) is 27.9. The fourth-order valence-corrected chi connectivity index (χ4v) is 3.39. The molecule has 0 bridgehead atoms. The van der Waals surface area contributed by atoms with Crippen LogP contribution in [0.2, 0.25) is 18.1 Å². The third kappa shape index (κ3) is 10.5. The van der Waals surface area contributed by atoms with Crippen LogP contribution in [0.1, 0.15) is 75.7 Å². The largest absolute Gasteiger partial charge is 0.458 e. The van der Waals surface area contributed by atoms with E-state index >= 15 is 0 Å². The highest BCUT2D eigenvalue weighted by atomic mass is 28.4. The van der Waals surface area contributed by atoms with E-state index in [4.69, 9.17) is 13.9 Å². The first-order valence-corrected chi connectivity index (χ1v) is 13.4. The molecule has 0 aliphatic heterocycles. The van der Waals surface area contributed by atoms with Crippen LogP contribution < -0.4 is 0 Å². The molecule has 29 heavy (non-hydrogen) atoms. The number of esters is 1. The summed E-state index contributed by atoms with van der Waals surface area (Å²) in [6.45, 7) is 24.4. The van der Waals surface area contributed by atoms with Crippen molar-refractivity contribution >= 4 is 20.4 Å². The summed E-state index contributed by atoms with van der Waals surface area (Å²) in [6, 6.07) is -0.734. The van der Waals surface area contributed by atoms with E-state index in [1.54, 1.807) is 27.8 Å². The molecule has 0 unspecified atom stereocenters. The Morgan fingerprint density at radius 1 is 0.897 bits per heavy atom. The van der Waals surface area contributed by atoms with E-state index in [1.807, 2.05) is 27.7 Å². The lowest BCUT2D eigenvalue weighted by Gasteiger charge is -2.37. The number of rotatable bonds is 7. The molecule has 0 saturated carbocycles. The molecule has 7 heteroatoms. The van der Waals surface area contributed by atoms with Crippen LogP contribution in [-0.2, 0) is 18.7 Å². The van der Waals surface area contributed by atoms with Gasteiger partial charge < -0.3 is 13.9 Å². The van der Waals surface area contributed by atoms with Crippen molar-refractivity contribution in [2.24, 2.45) is 5.92 Å². The number of amides is 1. The topological polar surface area (TPSA) is 65.1 Å². The van der Waals surface area contributed by atoms with Crippen LogP contribution in [0.4, 0.5) is 4.79 Å². The van der Waals surface area contributed by atoms with Gasteiger partial charge in [-0.1, -0.05) is 27.7 Å². The molecule has 0 saturated heterocycles. The molecule has 0 aliphatic carbocycles. The summed E-state index contributed by atoms with van der Waals surface area (Å²) in [5.41, 5.74) is -1.27. The second kappa shape index (κ2) is 9.82. The summed E-state index contributed by atoms with van der Waals surface area (Å²) >= 11 is 0. The van der Waals surface area contributed by atoms with Gasteiger partial charge in [-0.25, -0.2) is 9.59 Å². The number of carbonyl (C=O) groups is 2. The van der Waals surface area contributed by atoms with Gasteiger partial charge in [-0.15, -0.1) is 0 Å². The van der Waals surface area contributed by atoms with E-state index in [2.05, 4.69) is 33.9 Å². The molecule has 0 fully saturated rings. The van der Waals surface area contributed by atoms with Crippen molar-refractivity contribution in [2.45, 2.75) is 111 Å². The number of ether oxygens (including phenoxy) is 2. The number of hydrogen-bond donors (Lipinski definition) is 0. The molecule has 0 aliphatic rings. The normalized spacial score (nSPS) is 15.5. The predicted molar refractivity (Wildman–Crippen MR) is 121 cm³/mol. The number of hydrogen-bond acceptors (Lipinski definition) is 5. The van der Waals surface area contributed by atoms with E-state index in [-0.39, 0.29) is 11.0 Å². The average molecular weight is 432 g/mol. The van der Waals surface area contributed by atoms with Crippen molar-refractivity contribution in [2.75, 3.05) is 13.7 Å². The van der Waals surface area contributed by atoms with Crippen LogP contribution in [0.25, 0.3) is 0 Å². The highest BCUT2D eigenvalue weighted by molar-refractivity contribution is 6.74. The van der Waals surface area contributed by atoms with Gasteiger partial charge in [-0.3, -0.25) is 4.90 Å². The minimum Gasteiger partial charge on any atom is -0.458 e. The van der Waals surface area contributed by atoms with E-state index in [0.717, 1.165) is 0 Å². The number of carbonyl (C=O) groups excluding carboxylic acids is 2. The minimum atomic E-state index is -1.89. The molecule has 6 nitrogen and oxygen atoms in total. The molecule has 172 valence electrons. The van der Waals surface area contributed by atoms with Crippen LogP contribution in [0, 0.1) is 5.92 Å². The molecule has 0 aromatic rings. The highest BCUT2D eigenvalue weighted by Gasteiger charge is 2.38. The number of likely N-dealkylation sites (N-methyl/N-ethyl adjacent to an activating group) is 1. The maximum atomic E-state index is 12.9. The Morgan fingerprint density at radius 2 is 1.34 bits per heavy atom. The zero-order valence-corrected chi connectivity index (χ0v) is 22.1. The van der Waals surface area contributed by atoms with Crippen molar-refractivity contribution in [1.29, 1.82) is 0 Å². The molecule has 2 atom stereocenters. The average Bonchev–Trinajstić information content (AvgIpc) is 2.45. The molecule has 0 aromatic heterocycles. The van der Waals surface area contributed by atoms with Gasteiger partial charge in [-0.05, 0) is 72.0 Å². The summed E-state index contributed by atoms with van der Waals surface area (Å²) in [4.78, 5) is 26.8. The van der Waals surface area contributed by atoms with Gasteiger partial charge in [0.1, 0.15) is 17.2 Å². The summed E-state index contributed by atoms with van der Waals surface area (Å²) in [7, 11) is -0.299. The lowest BCUT2D eigenvalue weighted by molar-refractivity contribution is -0.161. The smallest absolute Gasteiger partial charge is 0.410 e. The molecule has 0 heterocycles. The van der Waals surface area contributed by atoms with Gasteiger partial charge in [0.05, 0.1) is 0 Å². The standard InChI is InChI=1S/C22H45NO5Si/c1-16(15-26-29(12,13)22(8,9)10)14-17(18(24)27-20(2,3)4)23(11)19(25)28-21(5,6)7/h16-17H,14-15H2,1-13H3/t16-,17-/m0/s1. The van der Waals surface area contributed by atoms with Gasteiger partial charge >= 0.3 is 12.1 Å². The van der Waals surface area contributed by atoms with Gasteiger partial charge in [0.2, 0.25) is 0 Å². The molecular formula is C22H45NO5Si. The lowest BCUT2D eigenvalue weighted by Crippen LogP contribution is -2.48. The van der Waals surface area contributed by atoms with Crippen molar-refractivity contribution in [3.63, 3.8) is 0 Å². The quantitative estimate of drug-likeness (QED) is 0.387. The number of nitrogens with zero attached hydrogens (tertiary/aromatic N) is 1. The lowest BCUT2D eigenvalue weighted by atomic mass is 10.0. The molecule has 0 radical (unpaired) electrons. The van der Waals surface area contributed by atoms with Crippen molar-refractivity contribution in [3.05, 3.63) is 0 Å². The Balaban J connectivity index is 5.35. The highest BCUT2D eigenvalue weighted by Crippen LogP contribution is 2.37. The zero-order valence-electron chi connectivity index (χ0n) is 21.1. The monoisotopic (exact) mass is 431 g/mol. The molecule has 1 amide bonds. The third-order valence-corrected chi connectivity index (χ3v) is 9.49. The first-order chi connectivity index (χ1) is 12.7. The molecule has 0 aromatic carbocycles. The molecule has 0 spiro atoms. The Hall–Kier alpha value is -1.08. The van der Waals surface area contributed by atoms with Crippen molar-refractivity contribution < 1.29 is 23.5 Å². The zero-order chi connectivity index (χ0) is 23.4. The fraction of sp³-hybridized carbons (Fsp3) is 0.909. The summed E-state index contributed by atoms with van der Waals surface area (Å²) in [6.07, 6.45) is -0.0925. The fourth-order valence-electron chi connectivity index (χ4n) is 2.26. The van der Waals surface area contributed by atoms with Crippen LogP contribution in [0.5, 0.6) is 0 Å². The summed E-state index contributed by atoms with van der Waals surface area (Å²) in [5, 5.41) is 0.116. The molecule has 0 rings (SSSR count). The molecular weight excluding hydrogens is 386 g/mol. The third-order valence-electron chi connectivity index (χ3n) is 4.99. The SMILES string of the molecule is C[C@H](CO[Si](C)(C)C(C)(C)C)C[C@@H](C(=O)OC(C)(C)C)N(C)C(=O)OC(C)(C)C. The predicted octanol–water partition coefficient (Wildman–Crippen LogP) is 5.61. The Bertz CT molecular complexity index is 555. The maximum absolute atomic E-state index is 12.9. The maximum Gasteiger partial charge on any atom is 0.410 e. The van der Waals surface area contributed by atoms with E-state index in [1.165, 1.54) is 4.90 Å². The summed E-state index contributed by atoms with van der Waals surface area (Å²) in [5.74, 6) is -0.350. The second-order valence-corrected chi connectivity index (χ2v) is 16.4. The van der Waals surface area contributed by atoms with Crippen LogP contribution in [0.15, 0.2) is 0 Å². The van der Waals surface area contributed by atoms with Gasteiger partial charge in [0.15, 0.2) is 8.32 Å². The van der Waals surface area contributed by atoms with Gasteiger partial charge in [0, 0.05) is 13.7 Å². The van der Waals surface area contributed by atoms with Gasteiger partial charge in [-0.2, -0.15) is 0 Å². The van der Waals surface area contributed by atoms with Crippen molar-refractivity contribution in [1.82, 2.24) is 4.90 Å². The van der Waals surface area contributed by atoms with E-state index < -0.39 is 37.6 Å². The van der Waals surface area contributed by atoms with Crippen molar-refractivity contribution in [3.8, 4) is 0 Å². The Morgan fingerprint density at radius 3 is 1.72 bits per heavy atom. The Labute approximate surface area is 179 Å². The van der Waals surface area contributed by atoms with E-state index in [9.17, 15) is 9.59 Å². The van der Waals surface area contributed by atoms with Crippen LogP contribution in [0.3, 0.4) is 0 Å². The Kier molecular flexibility index (Phi) is 9.45. The van der Waals surface area contributed by atoms with E-state index in [0.29, 0.717) is 13.0 Å².